The molecule has 0 amide bonds. The van der Waals surface area contributed by atoms with Gasteiger partial charge in [-0.25, -0.2) is 15.0 Å². The second kappa shape index (κ2) is 10.5. The Morgan fingerprint density at radius 1 is 0.936 bits per heavy atom. The Kier molecular flexibility index (Phi) is 6.03. The zero-order valence-electron chi connectivity index (χ0n) is 24.0. The lowest BCUT2D eigenvalue weighted by atomic mass is 9.91. The predicted molar refractivity (Wildman–Crippen MR) is 191 cm³/mol. The van der Waals surface area contributed by atoms with Crippen LogP contribution < -0.4 is 9.62 Å². The van der Waals surface area contributed by atoms with Crippen molar-refractivity contribution in [1.29, 1.82) is 0 Å². The van der Waals surface area contributed by atoms with Crippen LogP contribution in [0.1, 0.15) is 11.3 Å². The molecule has 47 heavy (non-hydrogen) atoms. The average molecular weight is 684 g/mol. The third-order valence-corrected chi connectivity index (χ3v) is 11.7. The van der Waals surface area contributed by atoms with Crippen LogP contribution in [0.3, 0.4) is 0 Å². The SMILES string of the molecule is Oc1cccc2ccc(N3c4sc(-c5ccc6snnc6c5)nc4C(c4ccc5scnc5c4)=[C]C3C3=CC4=CNSN4C=C3)nc12. The number of thiazole rings is 2. The quantitative estimate of drug-likeness (QED) is 0.177. The molecular weight excluding hydrogens is 665 g/mol. The van der Waals surface area contributed by atoms with E-state index in [1.54, 1.807) is 28.7 Å². The molecule has 9 nitrogen and oxygen atoms in total. The van der Waals surface area contributed by atoms with Crippen LogP contribution in [0.15, 0.2) is 108 Å². The summed E-state index contributed by atoms with van der Waals surface area (Å²) in [4.78, 5) is 17.1. The molecule has 0 saturated heterocycles. The van der Waals surface area contributed by atoms with Crippen LogP contribution in [0.4, 0.5) is 10.8 Å². The molecule has 3 aromatic carbocycles. The minimum Gasteiger partial charge on any atom is -0.506 e. The highest BCUT2D eigenvalue weighted by Gasteiger charge is 2.36. The van der Waals surface area contributed by atoms with Gasteiger partial charge in [-0.3, -0.25) is 4.31 Å². The molecule has 0 bridgehead atoms. The number of para-hydroxylation sites is 1. The summed E-state index contributed by atoms with van der Waals surface area (Å²) in [6, 6.07) is 21.6. The van der Waals surface area contributed by atoms with E-state index in [2.05, 4.69) is 77.2 Å². The maximum atomic E-state index is 10.8. The fourth-order valence-corrected chi connectivity index (χ4v) is 8.97. The summed E-state index contributed by atoms with van der Waals surface area (Å²) in [6.45, 7) is 0. The predicted octanol–water partition coefficient (Wildman–Crippen LogP) is 8.20. The Hall–Kier alpha value is -5.08. The maximum absolute atomic E-state index is 10.8. The number of aromatic nitrogens is 5. The number of aromatic hydroxyl groups is 1. The van der Waals surface area contributed by atoms with E-state index in [0.29, 0.717) is 11.3 Å². The Morgan fingerprint density at radius 2 is 1.85 bits per heavy atom. The smallest absolute Gasteiger partial charge is 0.141 e. The molecule has 3 aliphatic heterocycles. The van der Waals surface area contributed by atoms with E-state index in [9.17, 15) is 5.11 Å². The third kappa shape index (κ3) is 4.38. The number of rotatable bonds is 4. The van der Waals surface area contributed by atoms with Gasteiger partial charge in [-0.2, -0.15) is 0 Å². The first kappa shape index (κ1) is 27.1. The molecular formula is C34H19N8OS4. The second-order valence-electron chi connectivity index (χ2n) is 11.0. The van der Waals surface area contributed by atoms with Gasteiger partial charge >= 0.3 is 0 Å². The zero-order chi connectivity index (χ0) is 31.1. The van der Waals surface area contributed by atoms with Gasteiger partial charge in [0.05, 0.1) is 44.3 Å². The van der Waals surface area contributed by atoms with Crippen molar-refractivity contribution in [2.45, 2.75) is 6.04 Å². The third-order valence-electron chi connectivity index (χ3n) is 8.29. The molecule has 0 spiro atoms. The van der Waals surface area contributed by atoms with Gasteiger partial charge in [0.15, 0.2) is 0 Å². The van der Waals surface area contributed by atoms with Crippen molar-refractivity contribution in [1.82, 2.24) is 33.6 Å². The van der Waals surface area contributed by atoms with Crippen LogP contribution in [-0.2, 0) is 0 Å². The molecule has 0 fully saturated rings. The largest absolute Gasteiger partial charge is 0.506 e. The van der Waals surface area contributed by atoms with Gasteiger partial charge in [0.2, 0.25) is 0 Å². The Balaban J connectivity index is 1.23. The minimum absolute atomic E-state index is 0.136. The summed E-state index contributed by atoms with van der Waals surface area (Å²) in [5, 5.41) is 17.8. The van der Waals surface area contributed by atoms with Crippen LogP contribution in [0.25, 0.3) is 47.5 Å². The van der Waals surface area contributed by atoms with Crippen LogP contribution in [-0.4, -0.2) is 40.0 Å². The molecule has 1 atom stereocenters. The molecule has 1 radical (unpaired) electrons. The number of fused-ring (bicyclic) bond motifs is 5. The van der Waals surface area contributed by atoms with Crippen LogP contribution in [0.2, 0.25) is 0 Å². The van der Waals surface area contributed by atoms with Gasteiger partial charge in [0.25, 0.3) is 0 Å². The fraction of sp³-hybridized carbons (Fsp3) is 0.0294. The van der Waals surface area contributed by atoms with Crippen molar-refractivity contribution in [3.63, 3.8) is 0 Å². The highest BCUT2D eigenvalue weighted by molar-refractivity contribution is 7.95. The molecule has 3 aliphatic rings. The first-order chi connectivity index (χ1) is 23.2. The number of nitrogens with one attached hydrogen (secondary N) is 1. The number of phenols is 1. The van der Waals surface area contributed by atoms with Gasteiger partial charge in [-0.15, -0.1) is 16.4 Å². The topological polar surface area (TPSA) is 103 Å². The summed E-state index contributed by atoms with van der Waals surface area (Å²) >= 11 is 6.13. The standard InChI is InChI=1S/C34H19N8OS4/c43-27-3-1-2-18-6-9-30(37-31(18)27)42-26(20-10-11-41-22(12-20)16-36-47-41)15-23(19-4-7-28-24(13-19)35-17-44-28)32-34(42)45-33(38-32)21-5-8-29-25(14-21)39-40-46-29/h1-14,16-17,26,36,43H. The highest BCUT2D eigenvalue weighted by atomic mass is 32.2. The van der Waals surface area contributed by atoms with E-state index in [1.807, 2.05) is 48.1 Å². The van der Waals surface area contributed by atoms with E-state index < -0.39 is 0 Å². The zero-order valence-corrected chi connectivity index (χ0v) is 27.3. The van der Waals surface area contributed by atoms with Crippen molar-refractivity contribution in [2.75, 3.05) is 4.90 Å². The van der Waals surface area contributed by atoms with Crippen molar-refractivity contribution >= 4 is 94.1 Å². The van der Waals surface area contributed by atoms with Crippen molar-refractivity contribution in [3.8, 4) is 16.3 Å². The number of phenolic OH excluding ortho intramolecular Hbond substituents is 1. The molecule has 13 heteroatoms. The Bertz CT molecular complexity index is 2540. The summed E-state index contributed by atoms with van der Waals surface area (Å²) in [7, 11) is 0. The molecule has 10 rings (SSSR count). The lowest BCUT2D eigenvalue weighted by Crippen LogP contribution is -2.35. The molecule has 1 unspecified atom stereocenters. The number of anilines is 2. The lowest BCUT2D eigenvalue weighted by molar-refractivity contribution is 0.480. The van der Waals surface area contributed by atoms with E-state index in [1.165, 1.54) is 23.7 Å². The number of hydrogen-bond donors (Lipinski definition) is 2. The molecule has 0 aliphatic carbocycles. The van der Waals surface area contributed by atoms with Gasteiger partial charge < -0.3 is 14.7 Å². The van der Waals surface area contributed by atoms with E-state index >= 15 is 0 Å². The highest BCUT2D eigenvalue weighted by Crippen LogP contribution is 2.49. The number of pyridine rings is 1. The number of benzene rings is 3. The van der Waals surface area contributed by atoms with E-state index in [-0.39, 0.29) is 11.8 Å². The molecule has 225 valence electrons. The number of allylic oxidation sites excluding steroid dienone is 1. The normalized spacial score (nSPS) is 17.1. The maximum Gasteiger partial charge on any atom is 0.141 e. The molecule has 4 aromatic heterocycles. The molecule has 7 aromatic rings. The van der Waals surface area contributed by atoms with Crippen molar-refractivity contribution in [2.24, 2.45) is 0 Å². The van der Waals surface area contributed by atoms with E-state index in [4.69, 9.17) is 9.97 Å². The van der Waals surface area contributed by atoms with Gasteiger partial charge in [-0.1, -0.05) is 40.1 Å². The second-order valence-corrected chi connectivity index (χ2v) is 14.5. The molecule has 2 N–H and O–H groups in total. The molecule has 0 saturated carbocycles. The summed E-state index contributed by atoms with van der Waals surface area (Å²) in [6.07, 6.45) is 12.2. The summed E-state index contributed by atoms with van der Waals surface area (Å²) in [5.74, 6) is 0.822. The Morgan fingerprint density at radius 3 is 2.83 bits per heavy atom. The van der Waals surface area contributed by atoms with Crippen LogP contribution in [0.5, 0.6) is 5.75 Å². The minimum atomic E-state index is -0.358. The Labute approximate surface area is 284 Å². The van der Waals surface area contributed by atoms with Gasteiger partial charge in [0, 0.05) is 28.9 Å². The first-order valence-electron chi connectivity index (χ1n) is 14.6. The lowest BCUT2D eigenvalue weighted by Gasteiger charge is -2.36. The van der Waals surface area contributed by atoms with Crippen molar-refractivity contribution < 1.29 is 5.11 Å². The summed E-state index contributed by atoms with van der Waals surface area (Å²) < 4.78 is 11.6. The van der Waals surface area contributed by atoms with Crippen LogP contribution >= 0.6 is 46.3 Å². The number of hydrogen-bond acceptors (Lipinski definition) is 13. The van der Waals surface area contributed by atoms with Crippen molar-refractivity contribution in [3.05, 3.63) is 125 Å². The van der Waals surface area contributed by atoms with E-state index in [0.717, 1.165) is 69.5 Å². The van der Waals surface area contributed by atoms with Gasteiger partial charge in [-0.05, 0) is 83.4 Å². The molecule has 7 heterocycles. The number of nitrogens with zero attached hydrogens (tertiary/aromatic N) is 7. The van der Waals surface area contributed by atoms with Gasteiger partial charge in [0.1, 0.15) is 38.3 Å². The monoisotopic (exact) mass is 683 g/mol. The van der Waals surface area contributed by atoms with Crippen LogP contribution in [0, 0.1) is 6.08 Å². The summed E-state index contributed by atoms with van der Waals surface area (Å²) in [5.41, 5.74) is 9.96. The average Bonchev–Trinajstić information content (AvgIpc) is 3.93. The fourth-order valence-electron chi connectivity index (χ4n) is 6.04. The first-order valence-corrected chi connectivity index (χ1v) is 17.8.